The number of nitrogens with zero attached hydrogens (tertiary/aromatic N) is 4. The predicted octanol–water partition coefficient (Wildman–Crippen LogP) is 4.05. The molecule has 2 heterocycles. The largest absolute Gasteiger partial charge is 0.491 e. The molecule has 2 N–H and O–H groups in total. The number of hydrogen-bond acceptors (Lipinski definition) is 7. The summed E-state index contributed by atoms with van der Waals surface area (Å²) in [6.07, 6.45) is 3.92. The molecule has 1 aliphatic heterocycles. The first-order valence-electron chi connectivity index (χ1n) is 13.2. The number of ether oxygens (including phenoxy) is 2. The van der Waals surface area contributed by atoms with E-state index in [4.69, 9.17) is 9.47 Å². The Hall–Kier alpha value is -4.65. The van der Waals surface area contributed by atoms with Gasteiger partial charge in [-0.1, -0.05) is 6.92 Å². The first kappa shape index (κ1) is 30.3. The van der Waals surface area contributed by atoms with Crippen LogP contribution >= 0.6 is 0 Å². The molecule has 0 saturated carbocycles. The molecule has 11 nitrogen and oxygen atoms in total. The fraction of sp³-hybridized carbons (Fsp3) is 0.345. The van der Waals surface area contributed by atoms with Crippen molar-refractivity contribution in [3.05, 3.63) is 77.9 Å². The van der Waals surface area contributed by atoms with E-state index in [9.17, 15) is 23.2 Å². The molecule has 4 amide bonds. The van der Waals surface area contributed by atoms with Gasteiger partial charge in [-0.2, -0.15) is 0 Å². The fourth-order valence-corrected chi connectivity index (χ4v) is 4.57. The number of anilines is 2. The lowest BCUT2D eigenvalue weighted by Gasteiger charge is -2.35. The molecule has 0 unspecified atom stereocenters. The molecular weight excluding hydrogens is 550 g/mol. The zero-order chi connectivity index (χ0) is 30.4. The third-order valence-electron chi connectivity index (χ3n) is 6.92. The minimum absolute atomic E-state index is 0.0481. The van der Waals surface area contributed by atoms with Crippen molar-refractivity contribution in [1.29, 1.82) is 0 Å². The van der Waals surface area contributed by atoms with Crippen LogP contribution in [0.5, 0.6) is 5.75 Å². The summed E-state index contributed by atoms with van der Waals surface area (Å²) in [5.41, 5.74) is 0.212. The van der Waals surface area contributed by atoms with E-state index in [0.29, 0.717) is 6.54 Å². The lowest BCUT2D eigenvalue weighted by Crippen LogP contribution is -2.48. The van der Waals surface area contributed by atoms with E-state index in [1.807, 2.05) is 13.8 Å². The van der Waals surface area contributed by atoms with Crippen LogP contribution in [-0.4, -0.2) is 83.6 Å². The number of nitrogens with one attached hydrogen (secondary N) is 2. The number of fused-ring (bicyclic) bond motifs is 1. The molecule has 13 heteroatoms. The molecule has 0 bridgehead atoms. The number of carbonyl (C=O) groups excluding carboxylic acids is 3. The van der Waals surface area contributed by atoms with Crippen molar-refractivity contribution >= 4 is 29.2 Å². The maximum absolute atomic E-state index is 14.0. The zero-order valence-electron chi connectivity index (χ0n) is 23.6. The Bertz CT molecular complexity index is 1440. The molecule has 0 saturated heterocycles. The number of likely N-dealkylation sites (N-methyl/N-ethyl adjacent to an activating group) is 1. The third kappa shape index (κ3) is 7.16. The maximum Gasteiger partial charge on any atom is 0.323 e. The average molecular weight is 583 g/mol. The summed E-state index contributed by atoms with van der Waals surface area (Å²) in [6.45, 7) is 4.32. The first-order valence-corrected chi connectivity index (χ1v) is 13.2. The molecule has 222 valence electrons. The summed E-state index contributed by atoms with van der Waals surface area (Å²) in [7, 11) is 3.16. The summed E-state index contributed by atoms with van der Waals surface area (Å²) in [5, 5.41) is 4.78. The van der Waals surface area contributed by atoms with Crippen LogP contribution in [0.4, 0.5) is 25.0 Å². The predicted molar refractivity (Wildman–Crippen MR) is 150 cm³/mol. The summed E-state index contributed by atoms with van der Waals surface area (Å²) in [5.74, 6) is -2.17. The van der Waals surface area contributed by atoms with Gasteiger partial charge in [-0.3, -0.25) is 14.6 Å². The summed E-state index contributed by atoms with van der Waals surface area (Å²) in [4.78, 5) is 50.8. The molecular formula is C29H32F2N6O5. The molecule has 1 aromatic heterocycles. The third-order valence-corrected chi connectivity index (χ3v) is 6.92. The number of urea groups is 1. The highest BCUT2D eigenvalue weighted by molar-refractivity contribution is 6.02. The number of benzene rings is 2. The van der Waals surface area contributed by atoms with Crippen molar-refractivity contribution in [3.8, 4) is 5.75 Å². The van der Waals surface area contributed by atoms with Crippen LogP contribution in [-0.2, 0) is 4.74 Å². The molecule has 1 aliphatic rings. The highest BCUT2D eigenvalue weighted by Crippen LogP contribution is 2.27. The molecule has 2 aromatic carbocycles. The van der Waals surface area contributed by atoms with Crippen LogP contribution < -0.4 is 15.4 Å². The Morgan fingerprint density at radius 2 is 1.86 bits per heavy atom. The maximum atomic E-state index is 14.0. The molecule has 0 aliphatic carbocycles. The van der Waals surface area contributed by atoms with Crippen LogP contribution in [0.1, 0.15) is 34.7 Å². The Morgan fingerprint density at radius 1 is 1.07 bits per heavy atom. The smallest absolute Gasteiger partial charge is 0.323 e. The van der Waals surface area contributed by atoms with Crippen LogP contribution in [0, 0.1) is 17.6 Å². The van der Waals surface area contributed by atoms with Gasteiger partial charge in [0, 0.05) is 57.3 Å². The molecule has 0 spiro atoms. The number of carbonyl (C=O) groups is 3. The van der Waals surface area contributed by atoms with Gasteiger partial charge in [-0.15, -0.1) is 0 Å². The number of halogens is 2. The van der Waals surface area contributed by atoms with Crippen molar-refractivity contribution in [3.63, 3.8) is 0 Å². The van der Waals surface area contributed by atoms with Crippen molar-refractivity contribution < 1.29 is 32.6 Å². The van der Waals surface area contributed by atoms with E-state index in [0.717, 1.165) is 18.2 Å². The van der Waals surface area contributed by atoms with Gasteiger partial charge in [0.15, 0.2) is 0 Å². The Labute approximate surface area is 241 Å². The molecule has 0 radical (unpaired) electrons. The van der Waals surface area contributed by atoms with Crippen LogP contribution in [0.25, 0.3) is 0 Å². The van der Waals surface area contributed by atoms with Crippen molar-refractivity contribution in [2.45, 2.75) is 26.0 Å². The Balaban J connectivity index is 1.61. The average Bonchev–Trinajstić information content (AvgIpc) is 2.98. The van der Waals surface area contributed by atoms with E-state index < -0.39 is 29.8 Å². The van der Waals surface area contributed by atoms with Crippen LogP contribution in [0.15, 0.2) is 55.0 Å². The summed E-state index contributed by atoms with van der Waals surface area (Å²) >= 11 is 0. The van der Waals surface area contributed by atoms with Crippen molar-refractivity contribution in [2.75, 3.05) is 44.5 Å². The lowest BCUT2D eigenvalue weighted by atomic mass is 10.0. The van der Waals surface area contributed by atoms with Gasteiger partial charge in [0.1, 0.15) is 29.7 Å². The monoisotopic (exact) mass is 582 g/mol. The SMILES string of the molecule is CO[C@@H]1CN(C)C(=O)c2cc(NC(=O)Nc3cc(F)ccc3F)ccc2OC[C@H](C)N(C(=O)c2cnccn2)C[C@@H]1C. The van der Waals surface area contributed by atoms with Gasteiger partial charge >= 0.3 is 6.03 Å². The summed E-state index contributed by atoms with van der Waals surface area (Å²) in [6, 6.07) is 5.88. The first-order chi connectivity index (χ1) is 20.1. The quantitative estimate of drug-likeness (QED) is 0.476. The zero-order valence-corrected chi connectivity index (χ0v) is 23.6. The second kappa shape index (κ2) is 13.3. The molecule has 3 aromatic rings. The van der Waals surface area contributed by atoms with Gasteiger partial charge in [-0.25, -0.2) is 18.6 Å². The van der Waals surface area contributed by atoms with Gasteiger partial charge in [0.2, 0.25) is 0 Å². The lowest BCUT2D eigenvalue weighted by molar-refractivity contribution is 0.0109. The minimum Gasteiger partial charge on any atom is -0.491 e. The Morgan fingerprint density at radius 3 is 2.57 bits per heavy atom. The van der Waals surface area contributed by atoms with Crippen LogP contribution in [0.2, 0.25) is 0 Å². The number of methoxy groups -OCH3 is 1. The second-order valence-electron chi connectivity index (χ2n) is 10.1. The van der Waals surface area contributed by atoms with Gasteiger partial charge in [0.05, 0.1) is 29.6 Å². The topological polar surface area (TPSA) is 126 Å². The van der Waals surface area contributed by atoms with Crippen molar-refractivity contribution in [1.82, 2.24) is 19.8 Å². The van der Waals surface area contributed by atoms with E-state index in [2.05, 4.69) is 20.6 Å². The van der Waals surface area contributed by atoms with E-state index in [-0.39, 0.29) is 59.3 Å². The van der Waals surface area contributed by atoms with E-state index in [1.165, 1.54) is 41.7 Å². The highest BCUT2D eigenvalue weighted by atomic mass is 19.1. The summed E-state index contributed by atoms with van der Waals surface area (Å²) < 4.78 is 39.3. The molecule has 3 atom stereocenters. The van der Waals surface area contributed by atoms with Gasteiger partial charge < -0.3 is 29.9 Å². The number of rotatable bonds is 4. The molecule has 4 rings (SSSR count). The normalized spacial score (nSPS) is 19.6. The van der Waals surface area contributed by atoms with Gasteiger partial charge in [0.25, 0.3) is 11.8 Å². The Kier molecular flexibility index (Phi) is 9.63. The van der Waals surface area contributed by atoms with E-state index >= 15 is 0 Å². The minimum atomic E-state index is -0.839. The highest BCUT2D eigenvalue weighted by Gasteiger charge is 2.31. The standard InChI is InChI=1S/C29H32F2N6O5/c1-17-14-37(28(39)24-13-32-9-10-33-24)18(2)16-42-25-8-6-20(12-21(25)27(38)36(3)15-26(17)41-4)34-29(40)35-23-11-19(30)5-7-22(23)31/h5-13,17-18,26H,14-16H2,1-4H3,(H2,34,35,40)/t17-,18-,26+/m0/s1. The van der Waals surface area contributed by atoms with Crippen molar-refractivity contribution in [2.24, 2.45) is 5.92 Å². The van der Waals surface area contributed by atoms with E-state index in [1.54, 1.807) is 19.1 Å². The molecule has 42 heavy (non-hydrogen) atoms. The van der Waals surface area contributed by atoms with Crippen LogP contribution in [0.3, 0.4) is 0 Å². The number of hydrogen-bond donors (Lipinski definition) is 2. The second-order valence-corrected chi connectivity index (χ2v) is 10.1. The van der Waals surface area contributed by atoms with Gasteiger partial charge in [-0.05, 0) is 37.3 Å². The number of aromatic nitrogens is 2. The fourth-order valence-electron chi connectivity index (χ4n) is 4.57. The molecule has 0 fully saturated rings. The number of amides is 4.